The average molecular weight is 255 g/mol. The lowest BCUT2D eigenvalue weighted by atomic mass is 9.99. The molecule has 0 fully saturated rings. The van der Waals surface area contributed by atoms with Gasteiger partial charge in [0, 0.05) is 6.04 Å². The molecule has 0 aliphatic heterocycles. The zero-order chi connectivity index (χ0) is 13.5. The molecule has 2 rings (SSSR count). The van der Waals surface area contributed by atoms with Crippen molar-refractivity contribution in [2.24, 2.45) is 0 Å². The van der Waals surface area contributed by atoms with Gasteiger partial charge in [0.2, 0.25) is 0 Å². The molecule has 2 aromatic carbocycles. The van der Waals surface area contributed by atoms with Gasteiger partial charge in [-0.2, -0.15) is 0 Å². The third-order valence-corrected chi connectivity index (χ3v) is 3.41. The largest absolute Gasteiger partial charge is 0.497 e. The van der Waals surface area contributed by atoms with Gasteiger partial charge in [0.15, 0.2) is 0 Å². The quantitative estimate of drug-likeness (QED) is 0.851. The van der Waals surface area contributed by atoms with E-state index in [1.807, 2.05) is 19.2 Å². The number of nitrogens with one attached hydrogen (secondary N) is 1. The molecule has 1 N–H and O–H groups in total. The van der Waals surface area contributed by atoms with Gasteiger partial charge in [-0.25, -0.2) is 0 Å². The van der Waals surface area contributed by atoms with Crippen LogP contribution in [0.1, 0.15) is 23.6 Å². The molecule has 0 spiro atoms. The summed E-state index contributed by atoms with van der Waals surface area (Å²) >= 11 is 0. The van der Waals surface area contributed by atoms with Gasteiger partial charge in [-0.1, -0.05) is 42.5 Å². The first-order valence-electron chi connectivity index (χ1n) is 6.68. The van der Waals surface area contributed by atoms with E-state index in [0.29, 0.717) is 6.04 Å². The molecule has 100 valence electrons. The Hall–Kier alpha value is -1.80. The summed E-state index contributed by atoms with van der Waals surface area (Å²) in [6.45, 7) is 0. The van der Waals surface area contributed by atoms with Crippen molar-refractivity contribution in [2.45, 2.75) is 18.9 Å². The first kappa shape index (κ1) is 13.6. The van der Waals surface area contributed by atoms with E-state index in [4.69, 9.17) is 4.74 Å². The number of methoxy groups -OCH3 is 1. The van der Waals surface area contributed by atoms with Crippen LogP contribution in [0.3, 0.4) is 0 Å². The van der Waals surface area contributed by atoms with Crippen LogP contribution >= 0.6 is 0 Å². The van der Waals surface area contributed by atoms with Gasteiger partial charge in [-0.05, 0) is 43.1 Å². The average Bonchev–Trinajstić information content (AvgIpc) is 2.49. The third-order valence-electron chi connectivity index (χ3n) is 3.41. The predicted molar refractivity (Wildman–Crippen MR) is 79.6 cm³/mol. The van der Waals surface area contributed by atoms with E-state index in [2.05, 4.69) is 47.8 Å². The van der Waals surface area contributed by atoms with Crippen LogP contribution in [0, 0.1) is 0 Å². The van der Waals surface area contributed by atoms with E-state index in [1.54, 1.807) is 7.11 Å². The molecule has 1 unspecified atom stereocenters. The second-order valence-electron chi connectivity index (χ2n) is 4.64. The first-order chi connectivity index (χ1) is 9.33. The topological polar surface area (TPSA) is 21.3 Å². The van der Waals surface area contributed by atoms with Crippen molar-refractivity contribution in [1.82, 2.24) is 5.32 Å². The number of hydrogen-bond acceptors (Lipinski definition) is 2. The van der Waals surface area contributed by atoms with Crippen molar-refractivity contribution >= 4 is 0 Å². The summed E-state index contributed by atoms with van der Waals surface area (Å²) < 4.78 is 5.28. The lowest BCUT2D eigenvalue weighted by Gasteiger charge is -2.17. The summed E-state index contributed by atoms with van der Waals surface area (Å²) in [6.07, 6.45) is 2.15. The fourth-order valence-corrected chi connectivity index (χ4v) is 2.29. The third kappa shape index (κ3) is 3.83. The fraction of sp³-hybridized carbons (Fsp3) is 0.294. The Bertz CT molecular complexity index is 496. The summed E-state index contributed by atoms with van der Waals surface area (Å²) in [6, 6.07) is 19.2. The molecule has 0 radical (unpaired) electrons. The van der Waals surface area contributed by atoms with Crippen molar-refractivity contribution in [2.75, 3.05) is 14.2 Å². The summed E-state index contributed by atoms with van der Waals surface area (Å²) in [5.74, 6) is 0.914. The van der Waals surface area contributed by atoms with Crippen molar-refractivity contribution in [3.8, 4) is 5.75 Å². The lowest BCUT2D eigenvalue weighted by Crippen LogP contribution is -2.17. The van der Waals surface area contributed by atoms with Crippen LogP contribution < -0.4 is 10.1 Å². The summed E-state index contributed by atoms with van der Waals surface area (Å²) in [5.41, 5.74) is 2.66. The second-order valence-corrected chi connectivity index (χ2v) is 4.64. The Morgan fingerprint density at radius 3 is 2.53 bits per heavy atom. The normalized spacial score (nSPS) is 12.1. The molecule has 19 heavy (non-hydrogen) atoms. The first-order valence-corrected chi connectivity index (χ1v) is 6.68. The molecule has 0 amide bonds. The molecule has 2 nitrogen and oxygen atoms in total. The monoisotopic (exact) mass is 255 g/mol. The molecule has 2 aromatic rings. The number of benzene rings is 2. The molecule has 1 atom stereocenters. The highest BCUT2D eigenvalue weighted by molar-refractivity contribution is 5.30. The van der Waals surface area contributed by atoms with E-state index in [-0.39, 0.29) is 0 Å². The summed E-state index contributed by atoms with van der Waals surface area (Å²) in [7, 11) is 3.71. The molecule has 0 saturated carbocycles. The Labute approximate surface area is 115 Å². The molecule has 0 aliphatic rings. The summed E-state index contributed by atoms with van der Waals surface area (Å²) in [5, 5.41) is 3.38. The standard InChI is InChI=1S/C17H21NO/c1-18-17(12-11-14-7-4-3-5-8-14)15-9-6-10-16(13-15)19-2/h3-10,13,17-18H,11-12H2,1-2H3. The molecular weight excluding hydrogens is 234 g/mol. The van der Waals surface area contributed by atoms with Gasteiger partial charge in [0.25, 0.3) is 0 Å². The molecule has 0 aromatic heterocycles. The van der Waals surface area contributed by atoms with Crippen LogP contribution in [-0.2, 0) is 6.42 Å². The van der Waals surface area contributed by atoms with Gasteiger partial charge >= 0.3 is 0 Å². The van der Waals surface area contributed by atoms with Crippen LogP contribution in [0.5, 0.6) is 5.75 Å². The molecule has 2 heteroatoms. The van der Waals surface area contributed by atoms with Gasteiger partial charge in [-0.3, -0.25) is 0 Å². The van der Waals surface area contributed by atoms with Crippen LogP contribution in [0.25, 0.3) is 0 Å². The fourth-order valence-electron chi connectivity index (χ4n) is 2.29. The Morgan fingerprint density at radius 1 is 1.05 bits per heavy atom. The van der Waals surface area contributed by atoms with Gasteiger partial charge in [-0.15, -0.1) is 0 Å². The van der Waals surface area contributed by atoms with E-state index in [9.17, 15) is 0 Å². The molecule has 0 bridgehead atoms. The molecule has 0 saturated heterocycles. The van der Waals surface area contributed by atoms with Crippen LogP contribution in [-0.4, -0.2) is 14.2 Å². The number of aryl methyl sites for hydroxylation is 1. The van der Waals surface area contributed by atoms with Gasteiger partial charge in [0.05, 0.1) is 7.11 Å². The van der Waals surface area contributed by atoms with Crippen LogP contribution in [0.4, 0.5) is 0 Å². The maximum Gasteiger partial charge on any atom is 0.119 e. The number of ether oxygens (including phenoxy) is 1. The Morgan fingerprint density at radius 2 is 1.84 bits per heavy atom. The molecule has 0 aliphatic carbocycles. The van der Waals surface area contributed by atoms with Crippen molar-refractivity contribution in [1.29, 1.82) is 0 Å². The zero-order valence-corrected chi connectivity index (χ0v) is 11.6. The van der Waals surface area contributed by atoms with Crippen LogP contribution in [0.15, 0.2) is 54.6 Å². The summed E-state index contributed by atoms with van der Waals surface area (Å²) in [4.78, 5) is 0. The minimum Gasteiger partial charge on any atom is -0.497 e. The zero-order valence-electron chi connectivity index (χ0n) is 11.6. The minimum atomic E-state index is 0.357. The Kier molecular flexibility index (Phi) is 4.99. The maximum atomic E-state index is 5.28. The SMILES string of the molecule is CNC(CCc1ccccc1)c1cccc(OC)c1. The Balaban J connectivity index is 2.03. The van der Waals surface area contributed by atoms with E-state index in [0.717, 1.165) is 18.6 Å². The number of hydrogen-bond donors (Lipinski definition) is 1. The van der Waals surface area contributed by atoms with Crippen molar-refractivity contribution in [3.63, 3.8) is 0 Å². The predicted octanol–water partition coefficient (Wildman–Crippen LogP) is 3.59. The van der Waals surface area contributed by atoms with Crippen molar-refractivity contribution < 1.29 is 4.74 Å². The highest BCUT2D eigenvalue weighted by atomic mass is 16.5. The lowest BCUT2D eigenvalue weighted by molar-refractivity contribution is 0.413. The maximum absolute atomic E-state index is 5.28. The van der Waals surface area contributed by atoms with Crippen molar-refractivity contribution in [3.05, 3.63) is 65.7 Å². The van der Waals surface area contributed by atoms with Crippen LogP contribution in [0.2, 0.25) is 0 Å². The minimum absolute atomic E-state index is 0.357. The van der Waals surface area contributed by atoms with Gasteiger partial charge in [0.1, 0.15) is 5.75 Å². The van der Waals surface area contributed by atoms with E-state index in [1.165, 1.54) is 11.1 Å². The van der Waals surface area contributed by atoms with E-state index >= 15 is 0 Å². The molecule has 0 heterocycles. The van der Waals surface area contributed by atoms with E-state index < -0.39 is 0 Å². The molecular formula is C17H21NO. The highest BCUT2D eigenvalue weighted by Crippen LogP contribution is 2.22. The smallest absolute Gasteiger partial charge is 0.119 e. The second kappa shape index (κ2) is 6.95. The number of rotatable bonds is 6. The highest BCUT2D eigenvalue weighted by Gasteiger charge is 2.09. The van der Waals surface area contributed by atoms with Gasteiger partial charge < -0.3 is 10.1 Å².